The third-order valence-corrected chi connectivity index (χ3v) is 6.81. The molecule has 0 spiro atoms. The summed E-state index contributed by atoms with van der Waals surface area (Å²) in [6.45, 7) is 7.19. The van der Waals surface area contributed by atoms with Crippen molar-refractivity contribution in [3.05, 3.63) is 102 Å². The van der Waals surface area contributed by atoms with Crippen LogP contribution in [0.1, 0.15) is 25.0 Å². The van der Waals surface area contributed by atoms with Gasteiger partial charge in [-0.15, -0.1) is 29.1 Å². The summed E-state index contributed by atoms with van der Waals surface area (Å²) in [5, 5.41) is 14.5. The van der Waals surface area contributed by atoms with E-state index in [0.29, 0.717) is 0 Å². The van der Waals surface area contributed by atoms with Gasteiger partial charge in [-0.3, -0.25) is 9.78 Å². The predicted molar refractivity (Wildman–Crippen MR) is 154 cm³/mol. The van der Waals surface area contributed by atoms with E-state index in [2.05, 4.69) is 98.3 Å². The average molecular weight is 678 g/mol. The molecule has 2 heterocycles. The van der Waals surface area contributed by atoms with Gasteiger partial charge in [0.25, 0.3) is 0 Å². The molecule has 1 radical (unpaired) electrons. The number of ketones is 1. The number of benzene rings is 4. The summed E-state index contributed by atoms with van der Waals surface area (Å²) in [7, 11) is 2.15. The monoisotopic (exact) mass is 678 g/mol. The van der Waals surface area contributed by atoms with E-state index in [-0.39, 0.29) is 31.6 Å². The fourth-order valence-electron chi connectivity index (χ4n) is 5.04. The van der Waals surface area contributed by atoms with Gasteiger partial charge in [-0.25, -0.2) is 0 Å². The van der Waals surface area contributed by atoms with Crippen molar-refractivity contribution in [2.45, 2.75) is 27.7 Å². The number of allylic oxidation sites excluding steroid dienone is 2. The molecule has 0 fully saturated rings. The summed E-state index contributed by atoms with van der Waals surface area (Å²) >= 11 is 0. The molecule has 0 unspecified atom stereocenters. The third kappa shape index (κ3) is 4.88. The maximum absolute atomic E-state index is 10.0. The number of aliphatic hydroxyl groups is 1. The number of carbonyl (C=O) groups excluding carboxylic acids is 1. The minimum atomic E-state index is -0.125. The molecule has 0 saturated heterocycles. The number of para-hydroxylation sites is 1. The Bertz CT molecular complexity index is 1860. The number of carbonyl (C=O) groups is 1. The van der Waals surface area contributed by atoms with Crippen LogP contribution in [0.3, 0.4) is 0 Å². The van der Waals surface area contributed by atoms with Gasteiger partial charge in [0.15, 0.2) is 5.78 Å². The molecular formula is C33H29IrN2O2-. The van der Waals surface area contributed by atoms with Crippen molar-refractivity contribution in [3.63, 3.8) is 0 Å². The zero-order valence-corrected chi connectivity index (χ0v) is 24.5. The maximum atomic E-state index is 10.0. The van der Waals surface area contributed by atoms with Crippen LogP contribution in [0.4, 0.5) is 0 Å². The Morgan fingerprint density at radius 2 is 1.58 bits per heavy atom. The molecule has 0 amide bonds. The Hall–Kier alpha value is -3.79. The molecule has 0 bridgehead atoms. The first-order valence-corrected chi connectivity index (χ1v) is 12.3. The largest absolute Gasteiger partial charge is 0.512 e. The number of aliphatic hydroxyl groups excluding tert-OH is 1. The van der Waals surface area contributed by atoms with Crippen LogP contribution < -0.4 is 0 Å². The summed E-state index contributed by atoms with van der Waals surface area (Å²) < 4.78 is 2.29. The molecule has 0 aliphatic carbocycles. The van der Waals surface area contributed by atoms with Gasteiger partial charge < -0.3 is 9.67 Å². The number of rotatable bonds is 2. The van der Waals surface area contributed by atoms with Crippen molar-refractivity contribution in [2.24, 2.45) is 7.05 Å². The van der Waals surface area contributed by atoms with Crippen molar-refractivity contribution in [1.29, 1.82) is 0 Å². The van der Waals surface area contributed by atoms with E-state index in [9.17, 15) is 4.79 Å². The average Bonchev–Trinajstić information content (AvgIpc) is 3.17. The third-order valence-electron chi connectivity index (χ3n) is 6.81. The first-order valence-electron chi connectivity index (χ1n) is 12.3. The summed E-state index contributed by atoms with van der Waals surface area (Å²) in [6, 6.07) is 29.3. The number of hydrogen-bond donors (Lipinski definition) is 1. The fourth-order valence-corrected chi connectivity index (χ4v) is 5.04. The van der Waals surface area contributed by atoms with E-state index < -0.39 is 0 Å². The van der Waals surface area contributed by atoms with Gasteiger partial charge >= 0.3 is 0 Å². The van der Waals surface area contributed by atoms with Crippen LogP contribution in [0, 0.1) is 19.9 Å². The summed E-state index contributed by atoms with van der Waals surface area (Å²) in [5.41, 5.74) is 8.05. The molecule has 5 heteroatoms. The van der Waals surface area contributed by atoms with E-state index in [1.165, 1.54) is 69.0 Å². The second kappa shape index (κ2) is 10.9. The van der Waals surface area contributed by atoms with Crippen LogP contribution in [-0.4, -0.2) is 20.4 Å². The molecule has 6 aromatic rings. The second-order valence-corrected chi connectivity index (χ2v) is 9.55. The van der Waals surface area contributed by atoms with Gasteiger partial charge in [0, 0.05) is 66.1 Å². The zero-order chi connectivity index (χ0) is 26.3. The van der Waals surface area contributed by atoms with Crippen molar-refractivity contribution in [1.82, 2.24) is 9.55 Å². The molecule has 0 aliphatic heterocycles. The number of aromatic nitrogens is 2. The van der Waals surface area contributed by atoms with Gasteiger partial charge in [-0.1, -0.05) is 47.9 Å². The van der Waals surface area contributed by atoms with Gasteiger partial charge in [-0.2, -0.15) is 0 Å². The summed E-state index contributed by atoms with van der Waals surface area (Å²) in [5.74, 6) is -0.0625. The Morgan fingerprint density at radius 1 is 0.921 bits per heavy atom. The predicted octanol–water partition coefficient (Wildman–Crippen LogP) is 8.15. The van der Waals surface area contributed by atoms with Gasteiger partial charge in [0.2, 0.25) is 0 Å². The summed E-state index contributed by atoms with van der Waals surface area (Å²) in [6.07, 6.45) is 1.17. The minimum Gasteiger partial charge on any atom is -0.512 e. The number of aryl methyl sites for hydroxylation is 3. The van der Waals surface area contributed by atoms with Crippen LogP contribution in [0.5, 0.6) is 0 Å². The van der Waals surface area contributed by atoms with Crippen molar-refractivity contribution in [3.8, 4) is 11.3 Å². The number of hydrogen-bond acceptors (Lipinski definition) is 3. The molecule has 193 valence electrons. The Labute approximate surface area is 236 Å². The first-order chi connectivity index (χ1) is 17.8. The molecule has 6 rings (SSSR count). The maximum Gasteiger partial charge on any atom is 0.155 e. The molecule has 4 nitrogen and oxygen atoms in total. The van der Waals surface area contributed by atoms with E-state index in [0.717, 1.165) is 16.8 Å². The standard InChI is InChI=1S/C28H21N2.C5H8O2.Ir/c1-17-15-23-24(16-18(17)2)29-27(21-13-8-10-19-9-4-5-11-20(19)21)28-26(23)22-12-6-7-14-25(22)30(28)3;1-4(6)3-5(2)7;/h4-12,14-16H,1-3H3;3,6H,1-2H3;/q-1;;/b;4-3-;. The van der Waals surface area contributed by atoms with Crippen molar-refractivity contribution < 1.29 is 30.0 Å². The second-order valence-electron chi connectivity index (χ2n) is 9.55. The Balaban J connectivity index is 0.000000375. The van der Waals surface area contributed by atoms with Crippen LogP contribution in [0.2, 0.25) is 0 Å². The Morgan fingerprint density at radius 3 is 2.26 bits per heavy atom. The molecule has 0 atom stereocenters. The number of fused-ring (bicyclic) bond motifs is 6. The minimum absolute atomic E-state index is 0. The Kier molecular flexibility index (Phi) is 7.82. The van der Waals surface area contributed by atoms with E-state index >= 15 is 0 Å². The topological polar surface area (TPSA) is 55.1 Å². The SMILES string of the molecule is CC(=O)/C=C(/C)O.Cc1cc2nc(-c3[c-]ccc4ccccc34)c3c(c2cc1C)c1ccccc1n3C.[Ir]. The van der Waals surface area contributed by atoms with E-state index in [4.69, 9.17) is 10.1 Å². The van der Waals surface area contributed by atoms with Crippen LogP contribution in [0.15, 0.2) is 84.6 Å². The molecule has 2 aromatic heterocycles. The fraction of sp³-hybridized carbons (Fsp3) is 0.152. The molecule has 0 saturated carbocycles. The van der Waals surface area contributed by atoms with Gasteiger partial charge in [0.1, 0.15) is 0 Å². The molecule has 1 N–H and O–H groups in total. The van der Waals surface area contributed by atoms with Gasteiger partial charge in [-0.05, 0) is 57.0 Å². The van der Waals surface area contributed by atoms with Gasteiger partial charge in [0.05, 0.1) is 11.3 Å². The zero-order valence-electron chi connectivity index (χ0n) is 22.1. The normalized spacial score (nSPS) is 11.4. The molecular weight excluding hydrogens is 649 g/mol. The smallest absolute Gasteiger partial charge is 0.155 e. The first kappa shape index (κ1) is 27.2. The molecule has 0 aliphatic rings. The van der Waals surface area contributed by atoms with E-state index in [1.807, 2.05) is 6.07 Å². The van der Waals surface area contributed by atoms with Crippen LogP contribution >= 0.6 is 0 Å². The molecule has 38 heavy (non-hydrogen) atoms. The van der Waals surface area contributed by atoms with Crippen LogP contribution in [-0.2, 0) is 31.9 Å². The molecule has 4 aromatic carbocycles. The number of pyridine rings is 1. The summed E-state index contributed by atoms with van der Waals surface area (Å²) in [4.78, 5) is 15.2. The van der Waals surface area contributed by atoms with Crippen molar-refractivity contribution in [2.75, 3.05) is 0 Å². The van der Waals surface area contributed by atoms with Crippen molar-refractivity contribution >= 4 is 49.3 Å². The van der Waals surface area contributed by atoms with Crippen LogP contribution in [0.25, 0.3) is 54.7 Å². The quantitative estimate of drug-likeness (QED) is 0.114. The number of nitrogens with zero attached hydrogens (tertiary/aromatic N) is 2. The van der Waals surface area contributed by atoms with E-state index in [1.54, 1.807) is 0 Å².